The molecule has 1 heterocycles. The number of nitrogens with one attached hydrogen (secondary N) is 1. The van der Waals surface area contributed by atoms with E-state index in [1.165, 1.54) is 0 Å². The van der Waals surface area contributed by atoms with Crippen molar-refractivity contribution in [2.24, 2.45) is 0 Å². The first-order chi connectivity index (χ1) is 7.31. The van der Waals surface area contributed by atoms with E-state index in [1.54, 1.807) is 12.1 Å². The molecule has 1 atom stereocenters. The molecule has 78 valence electrons. The highest BCUT2D eigenvalue weighted by molar-refractivity contribution is 5.50. The molecular weight excluding hydrogens is 190 g/mol. The Morgan fingerprint density at radius 1 is 1.53 bits per heavy atom. The number of hydrogen-bond acceptors (Lipinski definition) is 4. The summed E-state index contributed by atoms with van der Waals surface area (Å²) in [5.41, 5.74) is 7.75. The van der Waals surface area contributed by atoms with Gasteiger partial charge in [-0.3, -0.25) is 0 Å². The third kappa shape index (κ3) is 2.09. The van der Waals surface area contributed by atoms with Crippen LogP contribution in [-0.2, 0) is 4.74 Å². The molecule has 1 fully saturated rings. The van der Waals surface area contributed by atoms with Crippen molar-refractivity contribution in [3.8, 4) is 6.07 Å². The topological polar surface area (TPSA) is 71.1 Å². The zero-order chi connectivity index (χ0) is 10.7. The summed E-state index contributed by atoms with van der Waals surface area (Å²) in [4.78, 5) is 0. The SMILES string of the molecule is N#Cc1cc(N)ccc1C1CNCCO1. The van der Waals surface area contributed by atoms with Crippen LogP contribution in [-0.4, -0.2) is 19.7 Å². The molecular formula is C11H13N3O. The smallest absolute Gasteiger partial charge is 0.0996 e. The van der Waals surface area contributed by atoms with Crippen molar-refractivity contribution < 1.29 is 4.74 Å². The van der Waals surface area contributed by atoms with Crippen LogP contribution >= 0.6 is 0 Å². The summed E-state index contributed by atoms with van der Waals surface area (Å²) >= 11 is 0. The Morgan fingerprint density at radius 2 is 2.40 bits per heavy atom. The average Bonchev–Trinajstić information content (AvgIpc) is 2.30. The summed E-state index contributed by atoms with van der Waals surface area (Å²) in [6.07, 6.45) is -0.0333. The number of anilines is 1. The Bertz CT molecular complexity index is 391. The quantitative estimate of drug-likeness (QED) is 0.662. The molecule has 0 aliphatic carbocycles. The van der Waals surface area contributed by atoms with E-state index < -0.39 is 0 Å². The number of ether oxygens (including phenoxy) is 1. The van der Waals surface area contributed by atoms with Crippen LogP contribution in [0.1, 0.15) is 17.2 Å². The molecule has 4 heteroatoms. The van der Waals surface area contributed by atoms with Gasteiger partial charge in [0.05, 0.1) is 24.3 Å². The summed E-state index contributed by atoms with van der Waals surface area (Å²) in [5, 5.41) is 12.2. The molecule has 0 aromatic heterocycles. The summed E-state index contributed by atoms with van der Waals surface area (Å²) < 4.78 is 5.59. The van der Waals surface area contributed by atoms with Crippen LogP contribution in [0.25, 0.3) is 0 Å². The monoisotopic (exact) mass is 203 g/mol. The molecule has 1 aliphatic heterocycles. The van der Waals surface area contributed by atoms with Gasteiger partial charge in [0, 0.05) is 18.8 Å². The van der Waals surface area contributed by atoms with Gasteiger partial charge in [0.1, 0.15) is 0 Å². The first-order valence-corrected chi connectivity index (χ1v) is 4.93. The van der Waals surface area contributed by atoms with Crippen molar-refractivity contribution in [2.75, 3.05) is 25.4 Å². The van der Waals surface area contributed by atoms with Gasteiger partial charge in [-0.25, -0.2) is 0 Å². The highest BCUT2D eigenvalue weighted by Gasteiger charge is 2.18. The number of benzene rings is 1. The summed E-state index contributed by atoms with van der Waals surface area (Å²) in [6, 6.07) is 7.50. The Labute approximate surface area is 88.6 Å². The number of hydrogen-bond donors (Lipinski definition) is 2. The summed E-state index contributed by atoms with van der Waals surface area (Å²) in [7, 11) is 0. The van der Waals surface area contributed by atoms with Gasteiger partial charge in [0.25, 0.3) is 0 Å². The third-order valence-corrected chi connectivity index (χ3v) is 2.47. The molecule has 15 heavy (non-hydrogen) atoms. The first kappa shape index (κ1) is 9.97. The standard InChI is InChI=1S/C11H13N3O/c12-6-8-5-9(13)1-2-10(8)11-7-14-3-4-15-11/h1-2,5,11,14H,3-4,7,13H2. The zero-order valence-electron chi connectivity index (χ0n) is 8.36. The highest BCUT2D eigenvalue weighted by atomic mass is 16.5. The molecule has 1 unspecified atom stereocenters. The van der Waals surface area contributed by atoms with Gasteiger partial charge in [-0.15, -0.1) is 0 Å². The maximum atomic E-state index is 8.99. The molecule has 0 amide bonds. The maximum absolute atomic E-state index is 8.99. The third-order valence-electron chi connectivity index (χ3n) is 2.47. The van der Waals surface area contributed by atoms with Crippen molar-refractivity contribution in [2.45, 2.75) is 6.10 Å². The number of rotatable bonds is 1. The zero-order valence-corrected chi connectivity index (χ0v) is 8.36. The van der Waals surface area contributed by atoms with E-state index in [4.69, 9.17) is 15.7 Å². The van der Waals surface area contributed by atoms with Crippen molar-refractivity contribution in [3.63, 3.8) is 0 Å². The molecule has 0 bridgehead atoms. The molecule has 0 saturated carbocycles. The van der Waals surface area contributed by atoms with Crippen molar-refractivity contribution in [1.29, 1.82) is 5.26 Å². The van der Waals surface area contributed by atoms with E-state index in [0.717, 1.165) is 18.7 Å². The van der Waals surface area contributed by atoms with Crippen LogP contribution in [0.5, 0.6) is 0 Å². The van der Waals surface area contributed by atoms with Crippen molar-refractivity contribution in [3.05, 3.63) is 29.3 Å². The lowest BCUT2D eigenvalue weighted by Gasteiger charge is -2.24. The molecule has 1 aliphatic rings. The highest BCUT2D eigenvalue weighted by Crippen LogP contribution is 2.23. The Morgan fingerprint density at radius 3 is 3.07 bits per heavy atom. The van der Waals surface area contributed by atoms with Crippen molar-refractivity contribution in [1.82, 2.24) is 5.32 Å². The van der Waals surface area contributed by atoms with Gasteiger partial charge >= 0.3 is 0 Å². The predicted octanol–water partition coefficient (Wildman–Crippen LogP) is 0.801. The minimum Gasteiger partial charge on any atom is -0.399 e. The van der Waals surface area contributed by atoms with Gasteiger partial charge in [0.2, 0.25) is 0 Å². The molecule has 3 N–H and O–H groups in total. The van der Waals surface area contributed by atoms with Crippen LogP contribution in [0, 0.1) is 11.3 Å². The van der Waals surface area contributed by atoms with Crippen LogP contribution in [0.3, 0.4) is 0 Å². The van der Waals surface area contributed by atoms with Gasteiger partial charge in [0.15, 0.2) is 0 Å². The molecule has 2 rings (SSSR count). The summed E-state index contributed by atoms with van der Waals surface area (Å²) in [6.45, 7) is 2.30. The molecule has 0 radical (unpaired) electrons. The number of nitrogens with two attached hydrogens (primary N) is 1. The number of nitrogens with zero attached hydrogens (tertiary/aromatic N) is 1. The second kappa shape index (κ2) is 4.30. The molecule has 0 spiro atoms. The van der Waals surface area contributed by atoms with E-state index in [1.807, 2.05) is 6.07 Å². The van der Waals surface area contributed by atoms with Crippen LogP contribution in [0.4, 0.5) is 5.69 Å². The van der Waals surface area contributed by atoms with E-state index in [9.17, 15) is 0 Å². The van der Waals surface area contributed by atoms with Crippen molar-refractivity contribution >= 4 is 5.69 Å². The molecule has 1 aromatic carbocycles. The van der Waals surface area contributed by atoms with Gasteiger partial charge in [-0.2, -0.15) is 5.26 Å². The number of nitriles is 1. The van der Waals surface area contributed by atoms with Gasteiger partial charge < -0.3 is 15.8 Å². The minimum atomic E-state index is -0.0333. The Kier molecular flexibility index (Phi) is 2.86. The second-order valence-corrected chi connectivity index (χ2v) is 3.52. The predicted molar refractivity (Wildman–Crippen MR) is 57.1 cm³/mol. The van der Waals surface area contributed by atoms with Crippen LogP contribution in [0.2, 0.25) is 0 Å². The largest absolute Gasteiger partial charge is 0.399 e. The average molecular weight is 203 g/mol. The van der Waals surface area contributed by atoms with E-state index in [2.05, 4.69) is 11.4 Å². The molecule has 1 aromatic rings. The lowest BCUT2D eigenvalue weighted by molar-refractivity contribution is 0.0275. The van der Waals surface area contributed by atoms with E-state index >= 15 is 0 Å². The Hall–Kier alpha value is -1.57. The fraction of sp³-hybridized carbons (Fsp3) is 0.364. The first-order valence-electron chi connectivity index (χ1n) is 4.93. The number of morpholine rings is 1. The van der Waals surface area contributed by atoms with Crippen LogP contribution < -0.4 is 11.1 Å². The lowest BCUT2D eigenvalue weighted by atomic mass is 10.0. The van der Waals surface area contributed by atoms with Crippen LogP contribution in [0.15, 0.2) is 18.2 Å². The maximum Gasteiger partial charge on any atom is 0.0996 e. The fourth-order valence-corrected chi connectivity index (χ4v) is 1.72. The number of nitrogen functional groups attached to an aromatic ring is 1. The van der Waals surface area contributed by atoms with Gasteiger partial charge in [-0.05, 0) is 17.7 Å². The van der Waals surface area contributed by atoms with E-state index in [-0.39, 0.29) is 6.10 Å². The Balaban J connectivity index is 2.30. The minimum absolute atomic E-state index is 0.0333. The fourth-order valence-electron chi connectivity index (χ4n) is 1.72. The molecule has 1 saturated heterocycles. The lowest BCUT2D eigenvalue weighted by Crippen LogP contribution is -2.33. The second-order valence-electron chi connectivity index (χ2n) is 3.52. The normalized spacial score (nSPS) is 20.9. The van der Waals surface area contributed by atoms with E-state index in [0.29, 0.717) is 17.9 Å². The molecule has 4 nitrogen and oxygen atoms in total. The summed E-state index contributed by atoms with van der Waals surface area (Å²) in [5.74, 6) is 0. The van der Waals surface area contributed by atoms with Gasteiger partial charge in [-0.1, -0.05) is 6.07 Å².